The SMILES string of the molecule is [Si]Oc1ncccn1. The van der Waals surface area contributed by atoms with Crippen LogP contribution < -0.4 is 4.43 Å². The van der Waals surface area contributed by atoms with Crippen molar-refractivity contribution in [1.82, 2.24) is 9.97 Å². The van der Waals surface area contributed by atoms with E-state index in [1.54, 1.807) is 18.5 Å². The van der Waals surface area contributed by atoms with Crippen molar-refractivity contribution in [2.24, 2.45) is 0 Å². The van der Waals surface area contributed by atoms with Crippen LogP contribution in [-0.4, -0.2) is 20.5 Å². The number of nitrogens with zero attached hydrogens (tertiary/aromatic N) is 2. The minimum absolute atomic E-state index is 0.323. The molecule has 0 saturated carbocycles. The highest BCUT2D eigenvalue weighted by molar-refractivity contribution is 5.99. The van der Waals surface area contributed by atoms with Gasteiger partial charge in [-0.1, -0.05) is 0 Å². The number of hydrogen-bond acceptors (Lipinski definition) is 3. The largest absolute Gasteiger partial charge is 0.514 e. The molecule has 4 heteroatoms. The molecule has 0 fully saturated rings. The van der Waals surface area contributed by atoms with Crippen molar-refractivity contribution in [3.8, 4) is 6.01 Å². The lowest BCUT2D eigenvalue weighted by Gasteiger charge is -1.90. The highest BCUT2D eigenvalue weighted by atomic mass is 28.2. The van der Waals surface area contributed by atoms with E-state index in [0.29, 0.717) is 6.01 Å². The molecule has 1 rings (SSSR count). The van der Waals surface area contributed by atoms with Crippen molar-refractivity contribution >= 4 is 10.5 Å². The zero-order valence-corrected chi connectivity index (χ0v) is 5.03. The molecule has 1 aromatic rings. The van der Waals surface area contributed by atoms with Gasteiger partial charge in [0, 0.05) is 12.4 Å². The van der Waals surface area contributed by atoms with Crippen LogP contribution in [0.4, 0.5) is 0 Å². The maximum atomic E-state index is 4.50. The van der Waals surface area contributed by atoms with E-state index in [0.717, 1.165) is 0 Å². The van der Waals surface area contributed by atoms with E-state index in [2.05, 4.69) is 24.9 Å². The first-order valence-corrected chi connectivity index (χ1v) is 2.45. The summed E-state index contributed by atoms with van der Waals surface area (Å²) >= 11 is 0. The lowest BCUT2D eigenvalue weighted by Crippen LogP contribution is -1.89. The van der Waals surface area contributed by atoms with Crippen molar-refractivity contribution < 1.29 is 4.43 Å². The van der Waals surface area contributed by atoms with Crippen LogP contribution >= 0.6 is 0 Å². The maximum absolute atomic E-state index is 4.50. The number of rotatable bonds is 1. The standard InChI is InChI=1S/C4H3N2OSi/c8-7-4-5-2-1-3-6-4/h1-3H. The summed E-state index contributed by atoms with van der Waals surface area (Å²) in [5.74, 6) is 0. The zero-order valence-electron chi connectivity index (χ0n) is 4.03. The molecule has 1 aromatic heterocycles. The summed E-state index contributed by atoms with van der Waals surface area (Å²) in [5, 5.41) is 0. The molecule has 0 amide bonds. The number of aromatic nitrogens is 2. The quantitative estimate of drug-likeness (QED) is 0.491. The van der Waals surface area contributed by atoms with Gasteiger partial charge in [0.25, 0.3) is 0 Å². The van der Waals surface area contributed by atoms with Gasteiger partial charge in [0.1, 0.15) is 0 Å². The summed E-state index contributed by atoms with van der Waals surface area (Å²) in [6.45, 7) is 0. The third-order valence-electron chi connectivity index (χ3n) is 0.633. The van der Waals surface area contributed by atoms with Crippen molar-refractivity contribution in [2.75, 3.05) is 0 Å². The zero-order chi connectivity index (χ0) is 5.82. The van der Waals surface area contributed by atoms with E-state index in [1.165, 1.54) is 0 Å². The average molecular weight is 123 g/mol. The maximum Gasteiger partial charge on any atom is 0.345 e. The lowest BCUT2D eigenvalue weighted by molar-refractivity contribution is 0.558. The summed E-state index contributed by atoms with van der Waals surface area (Å²) in [5.41, 5.74) is 0. The summed E-state index contributed by atoms with van der Waals surface area (Å²) in [4.78, 5) is 7.43. The first-order valence-electron chi connectivity index (χ1n) is 2.04. The molecule has 1 heterocycles. The highest BCUT2D eigenvalue weighted by Crippen LogP contribution is 1.92. The van der Waals surface area contributed by atoms with Crippen molar-refractivity contribution in [3.05, 3.63) is 18.5 Å². The predicted octanol–water partition coefficient (Wildman–Crippen LogP) is -0.0611. The lowest BCUT2D eigenvalue weighted by atomic mass is 10.7. The Morgan fingerprint density at radius 3 is 2.38 bits per heavy atom. The van der Waals surface area contributed by atoms with Gasteiger partial charge in [-0.3, -0.25) is 0 Å². The van der Waals surface area contributed by atoms with Crippen molar-refractivity contribution in [2.45, 2.75) is 0 Å². The van der Waals surface area contributed by atoms with Crippen molar-refractivity contribution in [3.63, 3.8) is 0 Å². The van der Waals surface area contributed by atoms with Gasteiger partial charge in [-0.15, -0.1) is 0 Å². The first-order chi connectivity index (χ1) is 3.93. The fourth-order valence-electron chi connectivity index (χ4n) is 0.338. The van der Waals surface area contributed by atoms with E-state index in [1.807, 2.05) is 0 Å². The third-order valence-corrected chi connectivity index (χ3v) is 0.816. The summed E-state index contributed by atoms with van der Waals surface area (Å²) in [6.07, 6.45) is 3.20. The minimum atomic E-state index is 0.323. The third kappa shape index (κ3) is 1.03. The van der Waals surface area contributed by atoms with E-state index < -0.39 is 0 Å². The Kier molecular flexibility index (Phi) is 1.58. The van der Waals surface area contributed by atoms with Crippen LogP contribution in [0.5, 0.6) is 6.01 Å². The van der Waals surface area contributed by atoms with Gasteiger partial charge in [-0.25, -0.2) is 9.97 Å². The molecule has 0 aliphatic carbocycles. The van der Waals surface area contributed by atoms with Gasteiger partial charge in [0.15, 0.2) is 0 Å². The monoisotopic (exact) mass is 123 g/mol. The van der Waals surface area contributed by atoms with Crippen LogP contribution in [-0.2, 0) is 0 Å². The van der Waals surface area contributed by atoms with Gasteiger partial charge >= 0.3 is 16.5 Å². The molecule has 0 aromatic carbocycles. The van der Waals surface area contributed by atoms with Gasteiger partial charge in [-0.05, 0) is 6.07 Å². The van der Waals surface area contributed by atoms with Crippen LogP contribution in [0, 0.1) is 0 Å². The van der Waals surface area contributed by atoms with E-state index in [4.69, 9.17) is 0 Å². The molecule has 0 unspecified atom stereocenters. The Labute approximate surface area is 50.3 Å². The Balaban J connectivity index is 2.83. The fourth-order valence-corrected chi connectivity index (χ4v) is 0.444. The highest BCUT2D eigenvalue weighted by Gasteiger charge is 1.84. The molecule has 39 valence electrons. The van der Waals surface area contributed by atoms with E-state index in [-0.39, 0.29) is 0 Å². The molecule has 0 atom stereocenters. The molecule has 8 heavy (non-hydrogen) atoms. The van der Waals surface area contributed by atoms with Crippen LogP contribution in [0.3, 0.4) is 0 Å². The number of hydrogen-bond donors (Lipinski definition) is 0. The van der Waals surface area contributed by atoms with Crippen LogP contribution in [0.15, 0.2) is 18.5 Å². The van der Waals surface area contributed by atoms with Crippen molar-refractivity contribution in [1.29, 1.82) is 0 Å². The Morgan fingerprint density at radius 1 is 1.38 bits per heavy atom. The Hall–Kier alpha value is -0.903. The van der Waals surface area contributed by atoms with E-state index in [9.17, 15) is 0 Å². The second-order valence-corrected chi connectivity index (χ2v) is 1.34. The Bertz CT molecular complexity index is 155. The topological polar surface area (TPSA) is 35.0 Å². The van der Waals surface area contributed by atoms with Crippen LogP contribution in [0.2, 0.25) is 0 Å². The second-order valence-electron chi connectivity index (χ2n) is 1.13. The molecule has 0 bridgehead atoms. The molecule has 0 spiro atoms. The summed E-state index contributed by atoms with van der Waals surface area (Å²) in [6, 6.07) is 2.04. The molecular formula is C4H3N2OSi. The second kappa shape index (κ2) is 2.42. The predicted molar refractivity (Wildman–Crippen MR) is 28.4 cm³/mol. The molecule has 0 N–H and O–H groups in total. The van der Waals surface area contributed by atoms with Gasteiger partial charge < -0.3 is 4.43 Å². The van der Waals surface area contributed by atoms with E-state index >= 15 is 0 Å². The van der Waals surface area contributed by atoms with Gasteiger partial charge in [0.2, 0.25) is 0 Å². The molecule has 3 radical (unpaired) electrons. The normalized spacial score (nSPS) is 8.62. The molecule has 0 aliphatic rings. The molecule has 0 aliphatic heterocycles. The van der Waals surface area contributed by atoms with Gasteiger partial charge in [0.05, 0.1) is 0 Å². The smallest absolute Gasteiger partial charge is 0.345 e. The average Bonchev–Trinajstić information content (AvgIpc) is 1.90. The van der Waals surface area contributed by atoms with Gasteiger partial charge in [-0.2, -0.15) is 0 Å². The molecule has 3 nitrogen and oxygen atoms in total. The summed E-state index contributed by atoms with van der Waals surface area (Å²) in [7, 11) is 2.78. The summed E-state index contributed by atoms with van der Waals surface area (Å²) < 4.78 is 4.50. The van der Waals surface area contributed by atoms with Crippen LogP contribution in [0.1, 0.15) is 0 Å². The molecule has 0 saturated heterocycles. The fraction of sp³-hybridized carbons (Fsp3) is 0. The minimum Gasteiger partial charge on any atom is -0.514 e. The Morgan fingerprint density at radius 2 is 2.00 bits per heavy atom. The first kappa shape index (κ1) is 5.24. The molecular weight excluding hydrogens is 120 g/mol. The van der Waals surface area contributed by atoms with Crippen LogP contribution in [0.25, 0.3) is 0 Å².